The second-order valence-corrected chi connectivity index (χ2v) is 8.72. The molecule has 0 unspecified atom stereocenters. The number of nitrogens with one attached hydrogen (secondary N) is 2. The van der Waals surface area contributed by atoms with Gasteiger partial charge >= 0.3 is 0 Å². The van der Waals surface area contributed by atoms with Crippen molar-refractivity contribution in [3.05, 3.63) is 83.2 Å². The van der Waals surface area contributed by atoms with Crippen molar-refractivity contribution < 1.29 is 9.90 Å². The summed E-state index contributed by atoms with van der Waals surface area (Å²) >= 11 is 0. The van der Waals surface area contributed by atoms with E-state index in [1.807, 2.05) is 55.5 Å². The minimum absolute atomic E-state index is 0.122. The van der Waals surface area contributed by atoms with Crippen LogP contribution < -0.4 is 10.6 Å². The number of benzene rings is 2. The van der Waals surface area contributed by atoms with Crippen LogP contribution in [0, 0.1) is 6.92 Å². The number of aromatic nitrogens is 1. The second kappa shape index (κ2) is 11.0. The molecule has 0 bridgehead atoms. The summed E-state index contributed by atoms with van der Waals surface area (Å²) in [7, 11) is 0. The number of carbonyl (C=O) groups is 1. The first-order valence-electron chi connectivity index (χ1n) is 11.7. The van der Waals surface area contributed by atoms with Crippen LogP contribution in [0.15, 0.2) is 60.8 Å². The highest BCUT2D eigenvalue weighted by molar-refractivity contribution is 5.94. The van der Waals surface area contributed by atoms with Crippen LogP contribution in [-0.4, -0.2) is 34.0 Å². The number of pyridine rings is 1. The van der Waals surface area contributed by atoms with E-state index in [4.69, 9.17) is 0 Å². The molecule has 1 aliphatic rings. The molecule has 6 heteroatoms. The van der Waals surface area contributed by atoms with Gasteiger partial charge in [0.2, 0.25) is 0 Å². The SMILES string of the molecule is Cc1cc(Nc2ccc(C(=O)NCc3ccc(O)c(CN4CCCCCC4)c3)cc2)ccn1. The van der Waals surface area contributed by atoms with Crippen LogP contribution in [0.25, 0.3) is 0 Å². The zero-order chi connectivity index (χ0) is 23.0. The van der Waals surface area contributed by atoms with Crippen molar-refractivity contribution in [2.75, 3.05) is 18.4 Å². The molecule has 0 atom stereocenters. The Morgan fingerprint density at radius 2 is 1.73 bits per heavy atom. The number of aryl methyl sites for hydroxylation is 1. The van der Waals surface area contributed by atoms with Crippen LogP contribution >= 0.6 is 0 Å². The molecule has 1 aliphatic heterocycles. The number of rotatable bonds is 7. The van der Waals surface area contributed by atoms with Crippen LogP contribution in [0.1, 0.15) is 52.9 Å². The third kappa shape index (κ3) is 6.56. The molecule has 4 rings (SSSR count). The normalized spacial score (nSPS) is 14.5. The highest BCUT2D eigenvalue weighted by Crippen LogP contribution is 2.22. The molecule has 6 nitrogen and oxygen atoms in total. The van der Waals surface area contributed by atoms with Gasteiger partial charge in [-0.15, -0.1) is 0 Å². The molecule has 3 N–H and O–H groups in total. The summed E-state index contributed by atoms with van der Waals surface area (Å²) in [5.41, 5.74) is 5.33. The van der Waals surface area contributed by atoms with Gasteiger partial charge in [-0.3, -0.25) is 14.7 Å². The maximum Gasteiger partial charge on any atom is 0.251 e. The van der Waals surface area contributed by atoms with Gasteiger partial charge < -0.3 is 15.7 Å². The van der Waals surface area contributed by atoms with Crippen LogP contribution in [0.3, 0.4) is 0 Å². The topological polar surface area (TPSA) is 77.5 Å². The Morgan fingerprint density at radius 3 is 2.45 bits per heavy atom. The first-order chi connectivity index (χ1) is 16.1. The molecular weight excluding hydrogens is 412 g/mol. The molecule has 0 radical (unpaired) electrons. The number of carbonyl (C=O) groups excluding carboxylic acids is 1. The van der Waals surface area contributed by atoms with Gasteiger partial charge in [0.05, 0.1) is 0 Å². The third-order valence-corrected chi connectivity index (χ3v) is 6.02. The van der Waals surface area contributed by atoms with E-state index < -0.39 is 0 Å². The van der Waals surface area contributed by atoms with E-state index in [9.17, 15) is 9.90 Å². The lowest BCUT2D eigenvalue weighted by atomic mass is 10.1. The highest BCUT2D eigenvalue weighted by Gasteiger charge is 2.13. The number of anilines is 2. The molecule has 0 saturated carbocycles. The maximum absolute atomic E-state index is 12.6. The smallest absolute Gasteiger partial charge is 0.251 e. The van der Waals surface area contributed by atoms with E-state index in [1.54, 1.807) is 12.3 Å². The second-order valence-electron chi connectivity index (χ2n) is 8.72. The molecule has 1 amide bonds. The molecule has 33 heavy (non-hydrogen) atoms. The van der Waals surface area contributed by atoms with Crippen LogP contribution in [-0.2, 0) is 13.1 Å². The van der Waals surface area contributed by atoms with Crippen molar-refractivity contribution in [2.45, 2.75) is 45.7 Å². The van der Waals surface area contributed by atoms with Gasteiger partial charge in [0, 0.05) is 47.5 Å². The number of amides is 1. The summed E-state index contributed by atoms with van der Waals surface area (Å²) in [6, 6.07) is 16.9. The predicted molar refractivity (Wildman–Crippen MR) is 132 cm³/mol. The molecule has 1 fully saturated rings. The van der Waals surface area contributed by atoms with Crippen molar-refractivity contribution in [3.8, 4) is 5.75 Å². The molecule has 1 aromatic heterocycles. The quantitative estimate of drug-likeness (QED) is 0.470. The Hall–Kier alpha value is -3.38. The average Bonchev–Trinajstić information content (AvgIpc) is 3.08. The fraction of sp³-hybridized carbons (Fsp3) is 0.333. The van der Waals surface area contributed by atoms with Gasteiger partial charge in [0.15, 0.2) is 0 Å². The minimum Gasteiger partial charge on any atom is -0.508 e. The largest absolute Gasteiger partial charge is 0.508 e. The molecule has 2 aromatic carbocycles. The maximum atomic E-state index is 12.6. The molecule has 3 aromatic rings. The van der Waals surface area contributed by atoms with Crippen LogP contribution in [0.5, 0.6) is 5.75 Å². The summed E-state index contributed by atoms with van der Waals surface area (Å²) in [5, 5.41) is 16.6. The van der Waals surface area contributed by atoms with E-state index in [-0.39, 0.29) is 5.91 Å². The van der Waals surface area contributed by atoms with E-state index >= 15 is 0 Å². The Labute approximate surface area is 195 Å². The summed E-state index contributed by atoms with van der Waals surface area (Å²) < 4.78 is 0. The lowest BCUT2D eigenvalue weighted by Crippen LogP contribution is -2.25. The fourth-order valence-electron chi connectivity index (χ4n) is 4.19. The summed E-state index contributed by atoms with van der Waals surface area (Å²) in [5.74, 6) is 0.199. The van der Waals surface area contributed by atoms with E-state index in [1.165, 1.54) is 25.7 Å². The van der Waals surface area contributed by atoms with Gasteiger partial charge in [-0.1, -0.05) is 18.9 Å². The van der Waals surface area contributed by atoms with E-state index in [0.29, 0.717) is 17.9 Å². The Bertz CT molecular complexity index is 1070. The fourth-order valence-corrected chi connectivity index (χ4v) is 4.19. The molecule has 1 saturated heterocycles. The first-order valence-corrected chi connectivity index (χ1v) is 11.7. The van der Waals surface area contributed by atoms with Crippen molar-refractivity contribution in [3.63, 3.8) is 0 Å². The summed E-state index contributed by atoms with van der Waals surface area (Å²) in [6.07, 6.45) is 6.77. The lowest BCUT2D eigenvalue weighted by Gasteiger charge is -2.20. The van der Waals surface area contributed by atoms with Crippen molar-refractivity contribution in [1.82, 2.24) is 15.2 Å². The Morgan fingerprint density at radius 1 is 0.970 bits per heavy atom. The monoisotopic (exact) mass is 444 g/mol. The van der Waals surface area contributed by atoms with E-state index in [0.717, 1.165) is 47.8 Å². The standard InChI is InChI=1S/C27H32N4O2/c1-20-16-25(12-13-28-20)30-24-9-7-22(8-10-24)27(33)29-18-21-6-11-26(32)23(17-21)19-31-14-4-2-3-5-15-31/h6-13,16-17,32H,2-5,14-15,18-19H2,1H3,(H,28,30)(H,29,33). The Kier molecular flexibility index (Phi) is 7.58. The number of likely N-dealkylation sites (tertiary alicyclic amines) is 1. The number of phenols is 1. The number of hydrogen-bond donors (Lipinski definition) is 3. The average molecular weight is 445 g/mol. The van der Waals surface area contributed by atoms with Crippen molar-refractivity contribution in [1.29, 1.82) is 0 Å². The summed E-state index contributed by atoms with van der Waals surface area (Å²) in [6.45, 7) is 5.27. The highest BCUT2D eigenvalue weighted by atomic mass is 16.3. The molecular formula is C27H32N4O2. The first kappa shape index (κ1) is 22.8. The number of hydrogen-bond acceptors (Lipinski definition) is 5. The molecule has 2 heterocycles. The van der Waals surface area contributed by atoms with Gasteiger partial charge in [-0.25, -0.2) is 0 Å². The van der Waals surface area contributed by atoms with Gasteiger partial charge in [-0.05, 0) is 86.9 Å². The predicted octanol–water partition coefficient (Wildman–Crippen LogP) is 5.15. The number of phenolic OH excluding ortho intramolecular Hbond substituents is 1. The van der Waals surface area contributed by atoms with Crippen LogP contribution in [0.2, 0.25) is 0 Å². The Balaban J connectivity index is 1.33. The number of nitrogens with zero attached hydrogens (tertiary/aromatic N) is 2. The molecule has 172 valence electrons. The van der Waals surface area contributed by atoms with Gasteiger partial charge in [0.25, 0.3) is 5.91 Å². The van der Waals surface area contributed by atoms with Crippen molar-refractivity contribution in [2.24, 2.45) is 0 Å². The zero-order valence-electron chi connectivity index (χ0n) is 19.2. The van der Waals surface area contributed by atoms with E-state index in [2.05, 4.69) is 20.5 Å². The zero-order valence-corrected chi connectivity index (χ0v) is 19.2. The molecule has 0 spiro atoms. The minimum atomic E-state index is -0.122. The summed E-state index contributed by atoms with van der Waals surface area (Å²) in [4.78, 5) is 19.2. The number of aromatic hydroxyl groups is 1. The van der Waals surface area contributed by atoms with Gasteiger partial charge in [-0.2, -0.15) is 0 Å². The van der Waals surface area contributed by atoms with Gasteiger partial charge in [0.1, 0.15) is 5.75 Å². The van der Waals surface area contributed by atoms with Crippen LogP contribution in [0.4, 0.5) is 11.4 Å². The third-order valence-electron chi connectivity index (χ3n) is 6.02. The van der Waals surface area contributed by atoms with Crippen molar-refractivity contribution >= 4 is 17.3 Å². The molecule has 0 aliphatic carbocycles. The lowest BCUT2D eigenvalue weighted by molar-refractivity contribution is 0.0951.